The van der Waals surface area contributed by atoms with Crippen LogP contribution in [0.4, 0.5) is 4.39 Å². The zero-order valence-electron chi connectivity index (χ0n) is 6.20. The van der Waals surface area contributed by atoms with Crippen LogP contribution in [0, 0.1) is 5.82 Å². The second kappa shape index (κ2) is 3.61. The number of nitrogens with two attached hydrogens (primary N) is 1. The smallest absolute Gasteiger partial charge is 0.241 e. The Morgan fingerprint density at radius 2 is 2.42 bits per heavy atom. The fraction of sp³-hybridized carbons (Fsp3) is 0. The number of carbonyl (C=O) groups excluding carboxylic acids is 1. The summed E-state index contributed by atoms with van der Waals surface area (Å²) in [5, 5.41) is 0. The maximum atomic E-state index is 12.8. The van der Waals surface area contributed by atoms with Gasteiger partial charge in [0, 0.05) is 17.8 Å². The molecular weight excluding hydrogens is 159 g/mol. The standard InChI is InChI=1S/C8H7FN2O/c9-7-5-11-4-3-6(7)1-2-8(10)12/h1-5H,(H2,10,12)/b2-1-. The number of aromatic nitrogens is 1. The Morgan fingerprint density at radius 3 is 3.00 bits per heavy atom. The van der Waals surface area contributed by atoms with Gasteiger partial charge in [-0.2, -0.15) is 0 Å². The number of nitrogens with zero attached hydrogens (tertiary/aromatic N) is 1. The van der Waals surface area contributed by atoms with Crippen LogP contribution >= 0.6 is 0 Å². The molecule has 0 unspecified atom stereocenters. The van der Waals surface area contributed by atoms with Crippen molar-refractivity contribution in [3.8, 4) is 0 Å². The van der Waals surface area contributed by atoms with Gasteiger partial charge in [-0.1, -0.05) is 0 Å². The molecule has 0 saturated heterocycles. The van der Waals surface area contributed by atoms with E-state index in [-0.39, 0.29) is 0 Å². The molecule has 0 bridgehead atoms. The number of primary amides is 1. The maximum Gasteiger partial charge on any atom is 0.241 e. The minimum absolute atomic E-state index is 0.295. The molecule has 0 fully saturated rings. The fourth-order valence-corrected chi connectivity index (χ4v) is 0.693. The van der Waals surface area contributed by atoms with Gasteiger partial charge in [0.25, 0.3) is 0 Å². The molecule has 3 nitrogen and oxygen atoms in total. The molecule has 2 N–H and O–H groups in total. The number of carbonyl (C=O) groups is 1. The summed E-state index contributed by atoms with van der Waals surface area (Å²) in [7, 11) is 0. The molecule has 1 amide bonds. The highest BCUT2D eigenvalue weighted by Gasteiger charge is 1.95. The van der Waals surface area contributed by atoms with Crippen LogP contribution in [0.5, 0.6) is 0 Å². The SMILES string of the molecule is NC(=O)/C=C\c1ccncc1F. The predicted octanol–water partition coefficient (Wildman–Crippen LogP) is 0.719. The third-order valence-electron chi connectivity index (χ3n) is 1.23. The molecular formula is C8H7FN2O. The van der Waals surface area contributed by atoms with Gasteiger partial charge in [0.15, 0.2) is 0 Å². The number of hydrogen-bond acceptors (Lipinski definition) is 2. The number of amides is 1. The van der Waals surface area contributed by atoms with Gasteiger partial charge in [0.1, 0.15) is 5.82 Å². The molecule has 1 rings (SSSR count). The van der Waals surface area contributed by atoms with Crippen LogP contribution in [0.25, 0.3) is 6.08 Å². The number of halogens is 1. The van der Waals surface area contributed by atoms with Gasteiger partial charge in [0.05, 0.1) is 6.20 Å². The van der Waals surface area contributed by atoms with Gasteiger partial charge in [-0.15, -0.1) is 0 Å². The zero-order chi connectivity index (χ0) is 8.97. The number of rotatable bonds is 2. The van der Waals surface area contributed by atoms with Gasteiger partial charge in [-0.25, -0.2) is 4.39 Å². The van der Waals surface area contributed by atoms with E-state index in [4.69, 9.17) is 5.73 Å². The normalized spacial score (nSPS) is 10.4. The van der Waals surface area contributed by atoms with Gasteiger partial charge in [0.2, 0.25) is 5.91 Å². The third kappa shape index (κ3) is 2.16. The van der Waals surface area contributed by atoms with E-state index in [9.17, 15) is 9.18 Å². The van der Waals surface area contributed by atoms with Crippen molar-refractivity contribution in [2.75, 3.05) is 0 Å². The summed E-state index contributed by atoms with van der Waals surface area (Å²) in [5.41, 5.74) is 5.12. The summed E-state index contributed by atoms with van der Waals surface area (Å²) in [6.07, 6.45) is 4.90. The molecule has 0 aliphatic carbocycles. The summed E-state index contributed by atoms with van der Waals surface area (Å²) in [4.78, 5) is 13.8. The molecule has 0 aliphatic heterocycles. The molecule has 62 valence electrons. The van der Waals surface area contributed by atoms with Gasteiger partial charge in [-0.05, 0) is 12.1 Å². The van der Waals surface area contributed by atoms with Gasteiger partial charge >= 0.3 is 0 Å². The van der Waals surface area contributed by atoms with Crippen molar-refractivity contribution < 1.29 is 9.18 Å². The quantitative estimate of drug-likeness (QED) is 0.658. The lowest BCUT2D eigenvalue weighted by molar-refractivity contribution is -0.113. The summed E-state index contributed by atoms with van der Waals surface area (Å²) < 4.78 is 12.8. The van der Waals surface area contributed by atoms with Crippen molar-refractivity contribution in [1.82, 2.24) is 4.98 Å². The van der Waals surface area contributed by atoms with Crippen LogP contribution < -0.4 is 5.73 Å². The van der Waals surface area contributed by atoms with Crippen molar-refractivity contribution in [2.45, 2.75) is 0 Å². The first-order valence-corrected chi connectivity index (χ1v) is 3.27. The van der Waals surface area contributed by atoms with E-state index in [2.05, 4.69) is 4.98 Å². The number of pyridine rings is 1. The molecule has 1 heterocycles. The molecule has 0 saturated carbocycles. The van der Waals surface area contributed by atoms with Gasteiger partial charge < -0.3 is 5.73 Å². The average Bonchev–Trinajstić information content (AvgIpc) is 2.03. The molecule has 0 aliphatic rings. The van der Waals surface area contributed by atoms with E-state index < -0.39 is 11.7 Å². The molecule has 12 heavy (non-hydrogen) atoms. The Bertz CT molecular complexity index is 323. The Balaban J connectivity index is 2.89. The topological polar surface area (TPSA) is 56.0 Å². The van der Waals surface area contributed by atoms with E-state index >= 15 is 0 Å². The Kier molecular flexibility index (Phi) is 2.53. The zero-order valence-corrected chi connectivity index (χ0v) is 6.20. The van der Waals surface area contributed by atoms with Gasteiger partial charge in [-0.3, -0.25) is 9.78 Å². The summed E-state index contributed by atoms with van der Waals surface area (Å²) in [6, 6.07) is 1.45. The first-order valence-electron chi connectivity index (χ1n) is 3.27. The largest absolute Gasteiger partial charge is 0.366 e. The van der Waals surface area contributed by atoms with Crippen molar-refractivity contribution in [3.05, 3.63) is 35.9 Å². The lowest BCUT2D eigenvalue weighted by Gasteiger charge is -1.92. The van der Waals surface area contributed by atoms with Crippen molar-refractivity contribution in [1.29, 1.82) is 0 Å². The molecule has 1 aromatic rings. The summed E-state index contributed by atoms with van der Waals surface area (Å²) >= 11 is 0. The van der Waals surface area contributed by atoms with E-state index in [0.717, 1.165) is 12.3 Å². The first-order chi connectivity index (χ1) is 5.70. The monoisotopic (exact) mass is 166 g/mol. The molecule has 1 aromatic heterocycles. The molecule has 0 radical (unpaired) electrons. The summed E-state index contributed by atoms with van der Waals surface area (Å²) in [6.45, 7) is 0. The maximum absolute atomic E-state index is 12.8. The fourth-order valence-electron chi connectivity index (χ4n) is 0.693. The Morgan fingerprint density at radius 1 is 1.67 bits per heavy atom. The molecule has 0 spiro atoms. The van der Waals surface area contributed by atoms with Crippen molar-refractivity contribution in [3.63, 3.8) is 0 Å². The van der Waals surface area contributed by atoms with Crippen LogP contribution in [-0.4, -0.2) is 10.9 Å². The third-order valence-corrected chi connectivity index (χ3v) is 1.23. The lowest BCUT2D eigenvalue weighted by Crippen LogP contribution is -2.05. The average molecular weight is 166 g/mol. The lowest BCUT2D eigenvalue weighted by atomic mass is 10.2. The minimum atomic E-state index is -0.605. The Labute approximate surface area is 68.7 Å². The Hall–Kier alpha value is -1.71. The minimum Gasteiger partial charge on any atom is -0.366 e. The second-order valence-electron chi connectivity index (χ2n) is 2.13. The first kappa shape index (κ1) is 8.39. The highest BCUT2D eigenvalue weighted by molar-refractivity contribution is 5.90. The van der Waals surface area contributed by atoms with Crippen LogP contribution in [0.1, 0.15) is 5.56 Å². The molecule has 0 aromatic carbocycles. The van der Waals surface area contributed by atoms with Crippen LogP contribution in [-0.2, 0) is 4.79 Å². The van der Waals surface area contributed by atoms with Crippen LogP contribution in [0.15, 0.2) is 24.5 Å². The van der Waals surface area contributed by atoms with E-state index in [1.54, 1.807) is 0 Å². The molecule has 0 atom stereocenters. The van der Waals surface area contributed by atoms with E-state index in [0.29, 0.717) is 5.56 Å². The van der Waals surface area contributed by atoms with Crippen LogP contribution in [0.2, 0.25) is 0 Å². The predicted molar refractivity (Wildman–Crippen MR) is 42.4 cm³/mol. The van der Waals surface area contributed by atoms with Crippen LogP contribution in [0.3, 0.4) is 0 Å². The summed E-state index contributed by atoms with van der Waals surface area (Å²) in [5.74, 6) is -1.08. The van der Waals surface area contributed by atoms with E-state index in [1.165, 1.54) is 18.3 Å². The van der Waals surface area contributed by atoms with Crippen molar-refractivity contribution in [2.24, 2.45) is 5.73 Å². The van der Waals surface area contributed by atoms with Crippen molar-refractivity contribution >= 4 is 12.0 Å². The molecule has 4 heteroatoms. The highest BCUT2D eigenvalue weighted by Crippen LogP contribution is 2.05. The highest BCUT2D eigenvalue weighted by atomic mass is 19.1. The van der Waals surface area contributed by atoms with E-state index in [1.807, 2.05) is 0 Å². The number of hydrogen-bond donors (Lipinski definition) is 1. The second-order valence-corrected chi connectivity index (χ2v) is 2.13.